The fourth-order valence-corrected chi connectivity index (χ4v) is 3.21. The van der Waals surface area contributed by atoms with E-state index in [9.17, 15) is 9.59 Å². The summed E-state index contributed by atoms with van der Waals surface area (Å²) >= 11 is 0.181. The van der Waals surface area contributed by atoms with Gasteiger partial charge in [-0.3, -0.25) is 9.59 Å². The van der Waals surface area contributed by atoms with Crippen molar-refractivity contribution in [3.63, 3.8) is 0 Å². The van der Waals surface area contributed by atoms with Crippen molar-refractivity contribution in [1.82, 2.24) is 0 Å². The van der Waals surface area contributed by atoms with Gasteiger partial charge < -0.3 is 10.2 Å². The van der Waals surface area contributed by atoms with Crippen molar-refractivity contribution in [2.75, 3.05) is 0 Å². The predicted molar refractivity (Wildman–Crippen MR) is 71.8 cm³/mol. The molecule has 2 N–H and O–H groups in total. The van der Waals surface area contributed by atoms with Crippen molar-refractivity contribution < 1.29 is 19.8 Å². The van der Waals surface area contributed by atoms with Gasteiger partial charge in [0.1, 0.15) is 0 Å². The topological polar surface area (TPSA) is 74.6 Å². The molecule has 0 heterocycles. The van der Waals surface area contributed by atoms with Crippen LogP contribution in [0.15, 0.2) is 0 Å². The Hall–Kier alpha value is -0.261. The van der Waals surface area contributed by atoms with Gasteiger partial charge in [0.25, 0.3) is 0 Å². The van der Waals surface area contributed by atoms with E-state index in [4.69, 9.17) is 10.2 Å². The van der Waals surface area contributed by atoms with E-state index in [1.165, 1.54) is 12.8 Å². The normalized spacial score (nSPS) is 8.24. The Bertz CT molecular complexity index is 154. The summed E-state index contributed by atoms with van der Waals surface area (Å²) in [5.41, 5.74) is 0. The van der Waals surface area contributed by atoms with Crippen LogP contribution < -0.4 is 0 Å². The predicted octanol–water partition coefficient (Wildman–Crippen LogP) is 3.31. The van der Waals surface area contributed by atoms with Crippen LogP contribution in [-0.2, 0) is 9.59 Å². The van der Waals surface area contributed by atoms with Gasteiger partial charge in [-0.2, -0.15) is 0 Å². The standard InChI is InChI=1S/2C3H6O2.2C3H7.Sn/c2*1-2-3(4)5;2*1-3-2;/h2*2H2,1H3,(H,4,5);2*1,3H2,2H3;. The van der Waals surface area contributed by atoms with Gasteiger partial charge in [-0.15, -0.1) is 0 Å². The summed E-state index contributed by atoms with van der Waals surface area (Å²) in [4.78, 5) is 18.7. The summed E-state index contributed by atoms with van der Waals surface area (Å²) in [6.45, 7) is 7.78. The summed E-state index contributed by atoms with van der Waals surface area (Å²) in [7, 11) is 0. The van der Waals surface area contributed by atoms with E-state index >= 15 is 0 Å². The molecule has 0 aliphatic heterocycles. The summed E-state index contributed by atoms with van der Waals surface area (Å²) < 4.78 is 3.19. The van der Waals surface area contributed by atoms with Crippen LogP contribution in [0.2, 0.25) is 8.87 Å². The first-order valence-electron chi connectivity index (χ1n) is 6.10. The van der Waals surface area contributed by atoms with Gasteiger partial charge in [0.05, 0.1) is 0 Å². The van der Waals surface area contributed by atoms with Crippen molar-refractivity contribution in [3.05, 3.63) is 0 Å². The Morgan fingerprint density at radius 3 is 1.18 bits per heavy atom. The Balaban J connectivity index is -0.000000177. The van der Waals surface area contributed by atoms with Gasteiger partial charge in [0, 0.05) is 12.8 Å². The third-order valence-corrected chi connectivity index (χ3v) is 6.33. The van der Waals surface area contributed by atoms with Crippen LogP contribution in [0.1, 0.15) is 53.4 Å². The fourth-order valence-electron chi connectivity index (χ4n) is 0.479. The van der Waals surface area contributed by atoms with Gasteiger partial charge >= 0.3 is 68.6 Å². The van der Waals surface area contributed by atoms with E-state index in [0.717, 1.165) is 0 Å². The zero-order chi connectivity index (χ0) is 14.1. The molecular weight excluding hydrogens is 327 g/mol. The molecule has 0 aromatic heterocycles. The maximum atomic E-state index is 9.37. The average Bonchev–Trinajstić information content (AvgIpc) is 2.31. The molecule has 0 rings (SSSR count). The van der Waals surface area contributed by atoms with Crippen molar-refractivity contribution in [2.45, 2.75) is 62.3 Å². The van der Waals surface area contributed by atoms with Crippen LogP contribution in [0.4, 0.5) is 0 Å². The number of carboxylic acid groups (broad SMARTS) is 2. The molecule has 0 spiro atoms. The fraction of sp³-hybridized carbons (Fsp3) is 0.833. The molecule has 0 fully saturated rings. The summed E-state index contributed by atoms with van der Waals surface area (Å²) in [6, 6.07) is 0. The number of hydrogen-bond donors (Lipinski definition) is 2. The molecule has 0 aromatic carbocycles. The minimum atomic E-state index is -0.745. The third kappa shape index (κ3) is 49.6. The third-order valence-electron chi connectivity index (χ3n) is 1.46. The average molecular weight is 353 g/mol. The SMILES string of the molecule is CCC(=O)O.CCC(=O)O.CC[CH2][Sn][CH2]CC. The van der Waals surface area contributed by atoms with E-state index in [1.54, 1.807) is 22.7 Å². The first-order chi connectivity index (χ1) is 7.95. The molecule has 17 heavy (non-hydrogen) atoms. The molecule has 0 aliphatic rings. The molecule has 2 radical (unpaired) electrons. The maximum absolute atomic E-state index is 9.37. The summed E-state index contributed by atoms with van der Waals surface area (Å²) in [5, 5.41) is 15.4. The van der Waals surface area contributed by atoms with Crippen LogP contribution in [0.3, 0.4) is 0 Å². The first kappa shape index (κ1) is 22.0. The number of rotatable bonds is 6. The molecular formula is C12H26O4Sn. The van der Waals surface area contributed by atoms with E-state index in [-0.39, 0.29) is 34.0 Å². The zero-order valence-corrected chi connectivity index (χ0v) is 14.3. The minimum absolute atomic E-state index is 0.181. The van der Waals surface area contributed by atoms with Crippen molar-refractivity contribution in [2.24, 2.45) is 0 Å². The van der Waals surface area contributed by atoms with Gasteiger partial charge in [0.15, 0.2) is 0 Å². The monoisotopic (exact) mass is 354 g/mol. The van der Waals surface area contributed by atoms with E-state index in [0.29, 0.717) is 0 Å². The molecule has 0 bridgehead atoms. The van der Waals surface area contributed by atoms with Crippen LogP contribution in [0, 0.1) is 0 Å². The van der Waals surface area contributed by atoms with E-state index in [2.05, 4.69) is 13.8 Å². The Kier molecular flexibility index (Phi) is 27.2. The van der Waals surface area contributed by atoms with E-state index in [1.807, 2.05) is 0 Å². The summed E-state index contributed by atoms with van der Waals surface area (Å²) in [5.74, 6) is -1.49. The molecule has 0 amide bonds. The van der Waals surface area contributed by atoms with Crippen molar-refractivity contribution >= 4 is 33.1 Å². The van der Waals surface area contributed by atoms with Crippen molar-refractivity contribution in [3.8, 4) is 0 Å². The van der Waals surface area contributed by atoms with Gasteiger partial charge in [-0.1, -0.05) is 13.8 Å². The van der Waals surface area contributed by atoms with Crippen LogP contribution >= 0.6 is 0 Å². The number of aliphatic carboxylic acids is 2. The Morgan fingerprint density at radius 2 is 1.06 bits per heavy atom. The first-order valence-corrected chi connectivity index (χ1v) is 10.1. The van der Waals surface area contributed by atoms with E-state index < -0.39 is 11.9 Å². The summed E-state index contributed by atoms with van der Waals surface area (Å²) in [6.07, 6.45) is 3.32. The molecule has 0 saturated heterocycles. The van der Waals surface area contributed by atoms with Gasteiger partial charge in [0.2, 0.25) is 0 Å². The molecule has 0 aliphatic carbocycles. The second kappa shape index (κ2) is 21.1. The Morgan fingerprint density at radius 1 is 0.824 bits per heavy atom. The number of carbonyl (C=O) groups is 2. The van der Waals surface area contributed by atoms with Crippen molar-refractivity contribution in [1.29, 1.82) is 0 Å². The molecule has 5 heteroatoms. The second-order valence-corrected chi connectivity index (χ2v) is 7.53. The van der Waals surface area contributed by atoms with Gasteiger partial charge in [-0.05, 0) is 0 Å². The molecule has 4 nitrogen and oxygen atoms in total. The molecule has 102 valence electrons. The molecule has 0 saturated carbocycles. The number of hydrogen-bond acceptors (Lipinski definition) is 2. The Labute approximate surface area is 115 Å². The molecule has 0 unspecified atom stereocenters. The molecule has 0 atom stereocenters. The quantitative estimate of drug-likeness (QED) is 0.568. The van der Waals surface area contributed by atoms with Gasteiger partial charge in [-0.25, -0.2) is 0 Å². The zero-order valence-electron chi connectivity index (χ0n) is 11.5. The van der Waals surface area contributed by atoms with Crippen LogP contribution in [-0.4, -0.2) is 43.3 Å². The number of carboxylic acids is 2. The molecule has 0 aromatic rings. The second-order valence-electron chi connectivity index (χ2n) is 3.24. The van der Waals surface area contributed by atoms with Crippen LogP contribution in [0.5, 0.6) is 0 Å². The van der Waals surface area contributed by atoms with Crippen LogP contribution in [0.25, 0.3) is 0 Å².